The van der Waals surface area contributed by atoms with E-state index in [0.29, 0.717) is 5.69 Å². The Labute approximate surface area is 98.1 Å². The first-order valence-electron chi connectivity index (χ1n) is 5.34. The molecule has 0 spiro atoms. The van der Waals surface area contributed by atoms with Crippen molar-refractivity contribution in [2.24, 2.45) is 7.05 Å². The molecule has 1 saturated heterocycles. The standard InChI is InChI=1S/C11H14N2O4/c1-12-4-2-3-8(12)10(15)13-6-7(14)5-9(13)11(16)17/h2-4,7,9,14H,5-6H2,1H3,(H,16,17)/t7-,9-/m1/s1. The molecule has 0 saturated carbocycles. The third kappa shape index (κ3) is 2.03. The van der Waals surface area contributed by atoms with E-state index in [9.17, 15) is 14.7 Å². The molecule has 0 bridgehead atoms. The lowest BCUT2D eigenvalue weighted by Crippen LogP contribution is -2.41. The molecule has 1 fully saturated rings. The van der Waals surface area contributed by atoms with Crippen molar-refractivity contribution in [2.75, 3.05) is 6.54 Å². The first-order chi connectivity index (χ1) is 8.00. The third-order valence-electron chi connectivity index (χ3n) is 2.99. The van der Waals surface area contributed by atoms with Crippen molar-refractivity contribution >= 4 is 11.9 Å². The van der Waals surface area contributed by atoms with Crippen LogP contribution in [0, 0.1) is 0 Å². The van der Waals surface area contributed by atoms with Gasteiger partial charge in [0.15, 0.2) is 0 Å². The van der Waals surface area contributed by atoms with Crippen molar-refractivity contribution in [3.8, 4) is 0 Å². The van der Waals surface area contributed by atoms with E-state index in [2.05, 4.69) is 0 Å². The molecule has 1 amide bonds. The van der Waals surface area contributed by atoms with E-state index in [-0.39, 0.29) is 18.9 Å². The highest BCUT2D eigenvalue weighted by molar-refractivity contribution is 5.95. The Hall–Kier alpha value is -1.82. The van der Waals surface area contributed by atoms with Gasteiger partial charge in [0.25, 0.3) is 5.91 Å². The Kier molecular flexibility index (Phi) is 2.89. The first-order valence-corrected chi connectivity index (χ1v) is 5.34. The van der Waals surface area contributed by atoms with E-state index >= 15 is 0 Å². The highest BCUT2D eigenvalue weighted by atomic mass is 16.4. The maximum absolute atomic E-state index is 12.1. The van der Waals surface area contributed by atoms with Gasteiger partial charge in [-0.15, -0.1) is 0 Å². The molecule has 0 aliphatic carbocycles. The molecule has 1 aliphatic rings. The van der Waals surface area contributed by atoms with Gasteiger partial charge in [-0.25, -0.2) is 4.79 Å². The number of aliphatic hydroxyl groups excluding tert-OH is 1. The van der Waals surface area contributed by atoms with Crippen LogP contribution in [0.5, 0.6) is 0 Å². The van der Waals surface area contributed by atoms with Crippen LogP contribution in [0.2, 0.25) is 0 Å². The SMILES string of the molecule is Cn1cccc1C(=O)N1C[C@H](O)C[C@@H]1C(=O)O. The van der Waals surface area contributed by atoms with Crippen LogP contribution in [0.4, 0.5) is 0 Å². The Morgan fingerprint density at radius 1 is 1.47 bits per heavy atom. The number of aryl methyl sites for hydroxylation is 1. The molecule has 1 aliphatic heterocycles. The Morgan fingerprint density at radius 3 is 2.71 bits per heavy atom. The van der Waals surface area contributed by atoms with Gasteiger partial charge in [0, 0.05) is 26.2 Å². The number of hydrogen-bond donors (Lipinski definition) is 2. The molecule has 6 heteroatoms. The first kappa shape index (κ1) is 11.7. The molecule has 0 unspecified atom stereocenters. The van der Waals surface area contributed by atoms with Gasteiger partial charge < -0.3 is 19.7 Å². The number of aromatic nitrogens is 1. The van der Waals surface area contributed by atoms with Crippen molar-refractivity contribution in [3.63, 3.8) is 0 Å². The molecular formula is C11H14N2O4. The molecular weight excluding hydrogens is 224 g/mol. The molecule has 0 radical (unpaired) electrons. The van der Waals surface area contributed by atoms with Crippen LogP contribution in [-0.2, 0) is 11.8 Å². The normalized spacial score (nSPS) is 24.0. The predicted octanol–water partition coefficient (Wildman–Crippen LogP) is -0.315. The lowest BCUT2D eigenvalue weighted by molar-refractivity contribution is -0.141. The number of carboxylic acids is 1. The van der Waals surface area contributed by atoms with Crippen LogP contribution in [0.1, 0.15) is 16.9 Å². The second-order valence-corrected chi connectivity index (χ2v) is 4.21. The van der Waals surface area contributed by atoms with Crippen LogP contribution in [0.25, 0.3) is 0 Å². The van der Waals surface area contributed by atoms with Crippen molar-refractivity contribution in [3.05, 3.63) is 24.0 Å². The number of rotatable bonds is 2. The zero-order valence-corrected chi connectivity index (χ0v) is 9.41. The minimum Gasteiger partial charge on any atom is -0.480 e. The lowest BCUT2D eigenvalue weighted by Gasteiger charge is -2.21. The Morgan fingerprint density at radius 2 is 2.18 bits per heavy atom. The van der Waals surface area contributed by atoms with Crippen molar-refractivity contribution < 1.29 is 19.8 Å². The van der Waals surface area contributed by atoms with Crippen LogP contribution >= 0.6 is 0 Å². The number of carboxylic acid groups (broad SMARTS) is 1. The molecule has 2 rings (SSSR count). The van der Waals surface area contributed by atoms with Gasteiger partial charge in [-0.2, -0.15) is 0 Å². The number of carbonyl (C=O) groups is 2. The van der Waals surface area contributed by atoms with Gasteiger partial charge in [-0.1, -0.05) is 0 Å². The van der Waals surface area contributed by atoms with E-state index in [1.807, 2.05) is 0 Å². The van der Waals surface area contributed by atoms with E-state index in [4.69, 9.17) is 5.11 Å². The summed E-state index contributed by atoms with van der Waals surface area (Å²) in [5.41, 5.74) is 0.422. The molecule has 1 aromatic heterocycles. The molecule has 2 heterocycles. The number of aliphatic hydroxyl groups is 1. The van der Waals surface area contributed by atoms with Gasteiger partial charge in [-0.3, -0.25) is 4.79 Å². The highest BCUT2D eigenvalue weighted by Crippen LogP contribution is 2.20. The predicted molar refractivity (Wildman–Crippen MR) is 58.5 cm³/mol. The number of β-amino-alcohol motifs (C(OH)–C–C–N with tert-alkyl or cyclic N) is 1. The van der Waals surface area contributed by atoms with Gasteiger partial charge in [0.1, 0.15) is 11.7 Å². The summed E-state index contributed by atoms with van der Waals surface area (Å²) < 4.78 is 1.63. The van der Waals surface area contributed by atoms with Crippen molar-refractivity contribution in [2.45, 2.75) is 18.6 Å². The average molecular weight is 238 g/mol. The smallest absolute Gasteiger partial charge is 0.326 e. The average Bonchev–Trinajstić information content (AvgIpc) is 2.83. The van der Waals surface area contributed by atoms with Crippen LogP contribution in [-0.4, -0.2) is 50.2 Å². The Balaban J connectivity index is 2.25. The fourth-order valence-electron chi connectivity index (χ4n) is 2.10. The quantitative estimate of drug-likeness (QED) is 0.740. The monoisotopic (exact) mass is 238 g/mol. The largest absolute Gasteiger partial charge is 0.480 e. The summed E-state index contributed by atoms with van der Waals surface area (Å²) in [5, 5.41) is 18.5. The summed E-state index contributed by atoms with van der Waals surface area (Å²) in [7, 11) is 1.72. The second kappa shape index (κ2) is 4.21. The van der Waals surface area contributed by atoms with Gasteiger partial charge >= 0.3 is 5.97 Å². The van der Waals surface area contributed by atoms with E-state index in [0.717, 1.165) is 0 Å². The van der Waals surface area contributed by atoms with Crippen LogP contribution in [0.15, 0.2) is 18.3 Å². The van der Waals surface area contributed by atoms with E-state index in [1.54, 1.807) is 29.9 Å². The van der Waals surface area contributed by atoms with Crippen molar-refractivity contribution in [1.82, 2.24) is 9.47 Å². The third-order valence-corrected chi connectivity index (χ3v) is 2.99. The number of carbonyl (C=O) groups excluding carboxylic acids is 1. The maximum Gasteiger partial charge on any atom is 0.326 e. The summed E-state index contributed by atoms with van der Waals surface area (Å²) >= 11 is 0. The molecule has 0 aromatic carbocycles. The van der Waals surface area contributed by atoms with Crippen molar-refractivity contribution in [1.29, 1.82) is 0 Å². The maximum atomic E-state index is 12.1. The minimum atomic E-state index is -1.08. The summed E-state index contributed by atoms with van der Waals surface area (Å²) in [6.45, 7) is 0.0704. The molecule has 2 N–H and O–H groups in total. The zero-order chi connectivity index (χ0) is 12.6. The highest BCUT2D eigenvalue weighted by Gasteiger charge is 2.39. The molecule has 92 valence electrons. The number of amides is 1. The molecule has 1 aromatic rings. The summed E-state index contributed by atoms with van der Waals surface area (Å²) in [6.07, 6.45) is 1.04. The topological polar surface area (TPSA) is 82.8 Å². The van der Waals surface area contributed by atoms with Gasteiger partial charge in [0.2, 0.25) is 0 Å². The number of hydrogen-bond acceptors (Lipinski definition) is 3. The molecule has 17 heavy (non-hydrogen) atoms. The van der Waals surface area contributed by atoms with Gasteiger partial charge in [0.05, 0.1) is 6.10 Å². The minimum absolute atomic E-state index is 0.0704. The number of likely N-dealkylation sites (tertiary alicyclic amines) is 1. The zero-order valence-electron chi connectivity index (χ0n) is 9.41. The molecule has 2 atom stereocenters. The summed E-state index contributed by atoms with van der Waals surface area (Å²) in [5.74, 6) is -1.44. The second-order valence-electron chi connectivity index (χ2n) is 4.21. The Bertz CT molecular complexity index is 454. The summed E-state index contributed by atoms with van der Waals surface area (Å²) in [6, 6.07) is 2.41. The number of aliphatic carboxylic acids is 1. The number of nitrogens with zero attached hydrogens (tertiary/aromatic N) is 2. The van der Waals surface area contributed by atoms with Gasteiger partial charge in [-0.05, 0) is 12.1 Å². The van der Waals surface area contributed by atoms with E-state index in [1.165, 1.54) is 4.90 Å². The van der Waals surface area contributed by atoms with Crippen LogP contribution in [0.3, 0.4) is 0 Å². The summed E-state index contributed by atoms with van der Waals surface area (Å²) in [4.78, 5) is 24.3. The van der Waals surface area contributed by atoms with E-state index < -0.39 is 18.1 Å². The fraction of sp³-hybridized carbons (Fsp3) is 0.455. The van der Waals surface area contributed by atoms with Crippen LogP contribution < -0.4 is 0 Å². The lowest BCUT2D eigenvalue weighted by atomic mass is 10.2. The fourth-order valence-corrected chi connectivity index (χ4v) is 2.10. The molecule has 6 nitrogen and oxygen atoms in total.